The third-order valence-electron chi connectivity index (χ3n) is 4.18. The average Bonchev–Trinajstić information content (AvgIpc) is 3.07. The molecule has 0 saturated carbocycles. The van der Waals surface area contributed by atoms with E-state index >= 15 is 0 Å². The van der Waals surface area contributed by atoms with Gasteiger partial charge >= 0.3 is 5.97 Å². The van der Waals surface area contributed by atoms with Crippen LogP contribution in [0, 0.1) is 17.7 Å². The minimum atomic E-state index is -1.07. The van der Waals surface area contributed by atoms with Gasteiger partial charge in [-0.25, -0.2) is 4.39 Å². The van der Waals surface area contributed by atoms with Crippen LogP contribution >= 0.6 is 0 Å². The molecule has 1 amide bonds. The molecule has 25 heavy (non-hydrogen) atoms. The van der Waals surface area contributed by atoms with Gasteiger partial charge in [0.05, 0.1) is 23.2 Å². The highest BCUT2D eigenvalue weighted by Crippen LogP contribution is 2.22. The quantitative estimate of drug-likeness (QED) is 0.762. The number of aliphatic carboxylic acids is 1. The molecule has 1 aromatic carbocycles. The van der Waals surface area contributed by atoms with Gasteiger partial charge in [0.15, 0.2) is 0 Å². The summed E-state index contributed by atoms with van der Waals surface area (Å²) in [4.78, 5) is 35.2. The van der Waals surface area contributed by atoms with Crippen molar-refractivity contribution in [3.63, 3.8) is 0 Å². The molecule has 2 atom stereocenters. The van der Waals surface area contributed by atoms with Crippen LogP contribution in [0.2, 0.25) is 0 Å². The first kappa shape index (κ1) is 16.8. The predicted molar refractivity (Wildman–Crippen MR) is 88.1 cm³/mol. The molecule has 0 radical (unpaired) electrons. The number of nitrogens with zero attached hydrogens (tertiary/aromatic N) is 1. The first-order valence-corrected chi connectivity index (χ1v) is 7.69. The fourth-order valence-electron chi connectivity index (χ4n) is 2.84. The zero-order valence-electron chi connectivity index (χ0n) is 13.1. The number of rotatable bonds is 4. The van der Waals surface area contributed by atoms with Gasteiger partial charge in [0, 0.05) is 31.4 Å². The molecule has 1 aromatic heterocycles. The number of aromatic nitrogens is 1. The molecule has 1 saturated heterocycles. The van der Waals surface area contributed by atoms with E-state index in [2.05, 4.69) is 10.6 Å². The third-order valence-corrected chi connectivity index (χ3v) is 4.18. The van der Waals surface area contributed by atoms with E-state index in [0.717, 1.165) is 6.07 Å². The standard InChI is InChI=1S/C17H16FN3O4/c18-13-7-10(21-6-2-1-3-15(21)22)4-5-14(13)20-16(23)11-8-19-9-12(11)17(24)25/h1-7,11-12,19H,8-9H2,(H,20,23)(H,24,25)/t11-,12-/m0/s1. The number of amides is 1. The van der Waals surface area contributed by atoms with Crippen LogP contribution in [-0.4, -0.2) is 34.6 Å². The highest BCUT2D eigenvalue weighted by molar-refractivity contribution is 5.95. The fraction of sp³-hybridized carbons (Fsp3) is 0.235. The summed E-state index contributed by atoms with van der Waals surface area (Å²) < 4.78 is 15.6. The van der Waals surface area contributed by atoms with E-state index in [1.54, 1.807) is 12.1 Å². The Balaban J connectivity index is 1.80. The zero-order chi connectivity index (χ0) is 18.0. The molecule has 2 heterocycles. The van der Waals surface area contributed by atoms with E-state index in [-0.39, 0.29) is 24.3 Å². The molecule has 0 aliphatic carbocycles. The lowest BCUT2D eigenvalue weighted by Crippen LogP contribution is -2.33. The van der Waals surface area contributed by atoms with Gasteiger partial charge < -0.3 is 15.7 Å². The highest BCUT2D eigenvalue weighted by atomic mass is 19.1. The molecule has 130 valence electrons. The SMILES string of the molecule is O=C(O)[C@H]1CNC[C@@H]1C(=O)Nc1ccc(-n2ccccc2=O)cc1F. The molecule has 1 aliphatic rings. The van der Waals surface area contributed by atoms with E-state index in [9.17, 15) is 18.8 Å². The van der Waals surface area contributed by atoms with Crippen LogP contribution in [0.25, 0.3) is 5.69 Å². The lowest BCUT2D eigenvalue weighted by Gasteiger charge is -2.15. The second-order valence-electron chi connectivity index (χ2n) is 5.77. The number of carbonyl (C=O) groups is 2. The van der Waals surface area contributed by atoms with Crippen molar-refractivity contribution in [2.24, 2.45) is 11.8 Å². The molecule has 0 spiro atoms. The molecule has 1 fully saturated rings. The predicted octanol–water partition coefficient (Wildman–Crippen LogP) is 0.835. The normalized spacial score (nSPS) is 19.6. The largest absolute Gasteiger partial charge is 0.481 e. The highest BCUT2D eigenvalue weighted by Gasteiger charge is 2.37. The summed E-state index contributed by atoms with van der Waals surface area (Å²) >= 11 is 0. The lowest BCUT2D eigenvalue weighted by atomic mass is 9.95. The number of carboxylic acids is 1. The van der Waals surface area contributed by atoms with Crippen molar-refractivity contribution in [2.45, 2.75) is 0 Å². The Hall–Kier alpha value is -3.00. The Kier molecular flexibility index (Phi) is 4.62. The third kappa shape index (κ3) is 3.43. The zero-order valence-corrected chi connectivity index (χ0v) is 13.1. The van der Waals surface area contributed by atoms with E-state index < -0.39 is 29.5 Å². The molecule has 0 unspecified atom stereocenters. The summed E-state index contributed by atoms with van der Waals surface area (Å²) in [7, 11) is 0. The summed E-state index contributed by atoms with van der Waals surface area (Å²) in [5, 5.41) is 14.4. The maximum absolute atomic E-state index is 14.3. The first-order chi connectivity index (χ1) is 12.0. The molecular weight excluding hydrogens is 329 g/mol. The number of benzene rings is 1. The smallest absolute Gasteiger partial charge is 0.308 e. The lowest BCUT2D eigenvalue weighted by molar-refractivity contribution is -0.144. The molecule has 2 aromatic rings. The minimum absolute atomic E-state index is 0.0613. The van der Waals surface area contributed by atoms with Crippen LogP contribution in [0.5, 0.6) is 0 Å². The number of pyridine rings is 1. The number of hydrogen-bond acceptors (Lipinski definition) is 4. The van der Waals surface area contributed by atoms with Gasteiger partial charge in [0.25, 0.3) is 5.56 Å². The van der Waals surface area contributed by atoms with Crippen LogP contribution in [0.4, 0.5) is 10.1 Å². The second kappa shape index (κ2) is 6.86. The Morgan fingerprint density at radius 2 is 1.96 bits per heavy atom. The molecule has 3 N–H and O–H groups in total. The Bertz CT molecular complexity index is 880. The molecule has 1 aliphatic heterocycles. The summed E-state index contributed by atoms with van der Waals surface area (Å²) in [5.74, 6) is -3.94. The number of halogens is 1. The minimum Gasteiger partial charge on any atom is -0.481 e. The number of carbonyl (C=O) groups excluding carboxylic acids is 1. The van der Waals surface area contributed by atoms with Gasteiger partial charge in [0.2, 0.25) is 5.91 Å². The van der Waals surface area contributed by atoms with Crippen molar-refractivity contribution >= 4 is 17.6 Å². The van der Waals surface area contributed by atoms with Gasteiger partial charge in [-0.15, -0.1) is 0 Å². The van der Waals surface area contributed by atoms with Gasteiger partial charge in [-0.1, -0.05) is 6.07 Å². The van der Waals surface area contributed by atoms with Crippen molar-refractivity contribution in [1.82, 2.24) is 9.88 Å². The second-order valence-corrected chi connectivity index (χ2v) is 5.77. The van der Waals surface area contributed by atoms with Crippen molar-refractivity contribution in [1.29, 1.82) is 0 Å². The van der Waals surface area contributed by atoms with Crippen molar-refractivity contribution in [3.8, 4) is 5.69 Å². The van der Waals surface area contributed by atoms with Crippen LogP contribution in [0.15, 0.2) is 47.4 Å². The van der Waals surface area contributed by atoms with Crippen molar-refractivity contribution < 1.29 is 19.1 Å². The van der Waals surface area contributed by atoms with E-state index in [4.69, 9.17) is 5.11 Å². The van der Waals surface area contributed by atoms with Gasteiger partial charge in [0.1, 0.15) is 5.82 Å². The number of nitrogens with one attached hydrogen (secondary N) is 2. The maximum Gasteiger partial charge on any atom is 0.308 e. The van der Waals surface area contributed by atoms with Crippen LogP contribution < -0.4 is 16.2 Å². The number of carboxylic acid groups (broad SMARTS) is 1. The van der Waals surface area contributed by atoms with E-state index in [1.807, 2.05) is 0 Å². The maximum atomic E-state index is 14.3. The summed E-state index contributed by atoms with van der Waals surface area (Å²) in [6, 6.07) is 8.57. The van der Waals surface area contributed by atoms with Crippen LogP contribution in [0.3, 0.4) is 0 Å². The summed E-state index contributed by atoms with van der Waals surface area (Å²) in [5.41, 5.74) is -0.0409. The Labute approximate surface area is 142 Å². The van der Waals surface area contributed by atoms with Crippen LogP contribution in [-0.2, 0) is 9.59 Å². The average molecular weight is 345 g/mol. The van der Waals surface area contributed by atoms with Crippen LogP contribution in [0.1, 0.15) is 0 Å². The topological polar surface area (TPSA) is 100 Å². The van der Waals surface area contributed by atoms with Gasteiger partial charge in [-0.3, -0.25) is 19.0 Å². The molecule has 3 rings (SSSR count). The van der Waals surface area contributed by atoms with Crippen molar-refractivity contribution in [2.75, 3.05) is 18.4 Å². The van der Waals surface area contributed by atoms with Crippen molar-refractivity contribution in [3.05, 3.63) is 58.8 Å². The fourth-order valence-corrected chi connectivity index (χ4v) is 2.84. The number of anilines is 1. The van der Waals surface area contributed by atoms with Gasteiger partial charge in [-0.05, 0) is 18.2 Å². The molecule has 0 bridgehead atoms. The summed E-state index contributed by atoms with van der Waals surface area (Å²) in [6.45, 7) is 0.424. The van der Waals surface area contributed by atoms with E-state index in [1.165, 1.54) is 29.0 Å². The Morgan fingerprint density at radius 1 is 1.20 bits per heavy atom. The molecule has 8 heteroatoms. The Morgan fingerprint density at radius 3 is 2.64 bits per heavy atom. The monoisotopic (exact) mass is 345 g/mol. The molecule has 7 nitrogen and oxygen atoms in total. The number of hydrogen-bond donors (Lipinski definition) is 3. The van der Waals surface area contributed by atoms with E-state index in [0.29, 0.717) is 5.69 Å². The van der Waals surface area contributed by atoms with Gasteiger partial charge in [-0.2, -0.15) is 0 Å². The first-order valence-electron chi connectivity index (χ1n) is 7.69. The summed E-state index contributed by atoms with van der Waals surface area (Å²) in [6.07, 6.45) is 1.51. The molecular formula is C17H16FN3O4.